The molecule has 0 saturated carbocycles. The molecule has 0 bridgehead atoms. The van der Waals surface area contributed by atoms with Crippen molar-refractivity contribution in [2.75, 3.05) is 6.54 Å². The molecule has 2 rings (SSSR count). The van der Waals surface area contributed by atoms with E-state index in [-0.39, 0.29) is 29.8 Å². The highest BCUT2D eigenvalue weighted by molar-refractivity contribution is 14.0. The predicted octanol–water partition coefficient (Wildman–Crippen LogP) is 4.05. The number of nitrogens with zero attached hydrogens (tertiary/aromatic N) is 1. The molecule has 0 aliphatic carbocycles. The number of nitrogens with one attached hydrogen (secondary N) is 2. The number of rotatable bonds is 5. The van der Waals surface area contributed by atoms with Gasteiger partial charge in [0.25, 0.3) is 0 Å². The molecule has 22 heavy (non-hydrogen) atoms. The van der Waals surface area contributed by atoms with E-state index in [0.717, 1.165) is 22.3 Å². The maximum absolute atomic E-state index is 13.2. The monoisotopic (exact) mass is 481 g/mol. The van der Waals surface area contributed by atoms with Crippen LogP contribution in [-0.2, 0) is 13.1 Å². The molecule has 2 N–H and O–H groups in total. The van der Waals surface area contributed by atoms with Crippen molar-refractivity contribution in [2.45, 2.75) is 20.0 Å². The Bertz CT molecular complexity index is 605. The van der Waals surface area contributed by atoms with Crippen molar-refractivity contribution in [1.29, 1.82) is 0 Å². The van der Waals surface area contributed by atoms with Gasteiger partial charge < -0.3 is 15.1 Å². The van der Waals surface area contributed by atoms with Crippen LogP contribution in [0.15, 0.2) is 50.5 Å². The number of furan rings is 1. The summed E-state index contributed by atoms with van der Waals surface area (Å²) in [4.78, 5) is 4.44. The summed E-state index contributed by atoms with van der Waals surface area (Å²) in [6, 6.07) is 8.30. The molecule has 0 saturated heterocycles. The summed E-state index contributed by atoms with van der Waals surface area (Å²) in [5.41, 5.74) is 0.796. The van der Waals surface area contributed by atoms with Crippen LogP contribution in [0.4, 0.5) is 4.39 Å². The molecule has 0 atom stereocenters. The second-order valence-corrected chi connectivity index (χ2v) is 5.22. The summed E-state index contributed by atoms with van der Waals surface area (Å²) in [6.07, 6.45) is 1.63. The first-order chi connectivity index (χ1) is 10.2. The first-order valence-electron chi connectivity index (χ1n) is 6.67. The van der Waals surface area contributed by atoms with Crippen LogP contribution >= 0.6 is 39.9 Å². The Kier molecular flexibility index (Phi) is 8.47. The molecule has 0 aliphatic heterocycles. The van der Waals surface area contributed by atoms with Crippen molar-refractivity contribution in [3.63, 3.8) is 0 Å². The molecule has 2 aromatic rings. The number of hydrogen-bond donors (Lipinski definition) is 2. The van der Waals surface area contributed by atoms with Crippen LogP contribution in [-0.4, -0.2) is 12.5 Å². The molecule has 0 amide bonds. The lowest BCUT2D eigenvalue weighted by atomic mass is 10.2. The van der Waals surface area contributed by atoms with Crippen LogP contribution in [0.5, 0.6) is 0 Å². The summed E-state index contributed by atoms with van der Waals surface area (Å²) in [5.74, 6) is 1.22. The van der Waals surface area contributed by atoms with Gasteiger partial charge in [0.05, 0.1) is 19.4 Å². The number of benzene rings is 1. The lowest BCUT2D eigenvalue weighted by molar-refractivity contribution is 0.501. The third-order valence-electron chi connectivity index (χ3n) is 2.77. The quantitative estimate of drug-likeness (QED) is 0.384. The number of halogens is 3. The highest BCUT2D eigenvalue weighted by atomic mass is 127. The molecule has 120 valence electrons. The minimum Gasteiger partial charge on any atom is -0.467 e. The SMILES string of the molecule is CCNC(=NCc1cc(F)ccc1Br)NCc1ccco1.I. The van der Waals surface area contributed by atoms with Crippen molar-refractivity contribution in [1.82, 2.24) is 10.6 Å². The molecule has 0 aliphatic rings. The van der Waals surface area contributed by atoms with Gasteiger partial charge >= 0.3 is 0 Å². The minimum atomic E-state index is -0.267. The van der Waals surface area contributed by atoms with E-state index in [4.69, 9.17) is 4.42 Å². The largest absolute Gasteiger partial charge is 0.467 e. The maximum atomic E-state index is 13.2. The first kappa shape index (κ1) is 19.0. The summed E-state index contributed by atoms with van der Waals surface area (Å²) < 4.78 is 19.3. The van der Waals surface area contributed by atoms with Gasteiger partial charge in [-0.05, 0) is 42.8 Å². The smallest absolute Gasteiger partial charge is 0.191 e. The van der Waals surface area contributed by atoms with E-state index in [2.05, 4.69) is 31.6 Å². The fourth-order valence-electron chi connectivity index (χ4n) is 1.75. The fourth-order valence-corrected chi connectivity index (χ4v) is 2.13. The van der Waals surface area contributed by atoms with Crippen molar-refractivity contribution < 1.29 is 8.81 Å². The highest BCUT2D eigenvalue weighted by Gasteiger charge is 2.03. The second-order valence-electron chi connectivity index (χ2n) is 4.36. The molecule has 7 heteroatoms. The number of hydrogen-bond acceptors (Lipinski definition) is 2. The van der Waals surface area contributed by atoms with E-state index in [9.17, 15) is 4.39 Å². The third-order valence-corrected chi connectivity index (χ3v) is 3.54. The van der Waals surface area contributed by atoms with E-state index in [1.807, 2.05) is 19.1 Å². The Hall–Kier alpha value is -1.09. The van der Waals surface area contributed by atoms with Crippen molar-refractivity contribution >= 4 is 45.9 Å². The highest BCUT2D eigenvalue weighted by Crippen LogP contribution is 2.18. The predicted molar refractivity (Wildman–Crippen MR) is 99.9 cm³/mol. The molecule has 1 aromatic carbocycles. The van der Waals surface area contributed by atoms with E-state index in [0.29, 0.717) is 19.0 Å². The standard InChI is InChI=1S/C15H17BrFN3O.HI/c1-2-18-15(20-10-13-4-3-7-21-13)19-9-11-8-12(17)5-6-14(11)16;/h3-8H,2,9-10H2,1H3,(H2,18,19,20);1H. The molecule has 0 radical (unpaired) electrons. The average Bonchev–Trinajstić information content (AvgIpc) is 2.98. The van der Waals surface area contributed by atoms with E-state index >= 15 is 0 Å². The fraction of sp³-hybridized carbons (Fsp3) is 0.267. The van der Waals surface area contributed by atoms with Gasteiger partial charge in [-0.15, -0.1) is 24.0 Å². The Morgan fingerprint density at radius 1 is 1.32 bits per heavy atom. The molecular weight excluding hydrogens is 464 g/mol. The summed E-state index contributed by atoms with van der Waals surface area (Å²) in [6.45, 7) is 3.66. The molecule has 1 heterocycles. The summed E-state index contributed by atoms with van der Waals surface area (Å²) >= 11 is 3.40. The zero-order chi connectivity index (χ0) is 15.1. The molecule has 0 unspecified atom stereocenters. The van der Waals surface area contributed by atoms with E-state index < -0.39 is 0 Å². The van der Waals surface area contributed by atoms with Crippen LogP contribution in [0, 0.1) is 5.82 Å². The Labute approximate surface area is 154 Å². The molecule has 4 nitrogen and oxygen atoms in total. The van der Waals surface area contributed by atoms with Crippen LogP contribution in [0.25, 0.3) is 0 Å². The Morgan fingerprint density at radius 2 is 2.14 bits per heavy atom. The molecule has 0 spiro atoms. The van der Waals surface area contributed by atoms with Gasteiger partial charge in [-0.2, -0.15) is 0 Å². The van der Waals surface area contributed by atoms with Gasteiger partial charge in [-0.1, -0.05) is 15.9 Å². The lowest BCUT2D eigenvalue weighted by Crippen LogP contribution is -2.36. The summed E-state index contributed by atoms with van der Waals surface area (Å²) in [7, 11) is 0. The van der Waals surface area contributed by atoms with Gasteiger partial charge in [-0.3, -0.25) is 0 Å². The lowest BCUT2D eigenvalue weighted by Gasteiger charge is -2.10. The zero-order valence-electron chi connectivity index (χ0n) is 12.1. The normalized spacial score (nSPS) is 11.0. The number of guanidine groups is 1. The summed E-state index contributed by atoms with van der Waals surface area (Å²) in [5, 5.41) is 6.30. The minimum absolute atomic E-state index is 0. The van der Waals surface area contributed by atoms with Gasteiger partial charge in [0, 0.05) is 11.0 Å². The van der Waals surface area contributed by atoms with Crippen molar-refractivity contribution in [3.05, 3.63) is 58.2 Å². The van der Waals surface area contributed by atoms with Crippen LogP contribution in [0.2, 0.25) is 0 Å². The average molecular weight is 482 g/mol. The Balaban J connectivity index is 0.00000242. The van der Waals surface area contributed by atoms with Gasteiger partial charge in [0.2, 0.25) is 0 Å². The Morgan fingerprint density at radius 3 is 2.82 bits per heavy atom. The van der Waals surface area contributed by atoms with Gasteiger partial charge in [-0.25, -0.2) is 9.38 Å². The van der Waals surface area contributed by atoms with Crippen molar-refractivity contribution in [3.8, 4) is 0 Å². The molecule has 0 fully saturated rings. The first-order valence-corrected chi connectivity index (χ1v) is 7.47. The van der Waals surface area contributed by atoms with Crippen molar-refractivity contribution in [2.24, 2.45) is 4.99 Å². The van der Waals surface area contributed by atoms with Crippen LogP contribution in [0.1, 0.15) is 18.2 Å². The van der Waals surface area contributed by atoms with Crippen LogP contribution in [0.3, 0.4) is 0 Å². The maximum Gasteiger partial charge on any atom is 0.191 e. The molecule has 1 aromatic heterocycles. The van der Waals surface area contributed by atoms with E-state index in [1.54, 1.807) is 12.3 Å². The topological polar surface area (TPSA) is 49.6 Å². The zero-order valence-corrected chi connectivity index (χ0v) is 16.0. The molecular formula is C15H18BrFIN3O. The second kappa shape index (κ2) is 9.83. The van der Waals surface area contributed by atoms with Crippen LogP contribution < -0.4 is 10.6 Å². The number of aliphatic imine (C=N–C) groups is 1. The van der Waals surface area contributed by atoms with E-state index in [1.165, 1.54) is 12.1 Å². The van der Waals surface area contributed by atoms with Gasteiger partial charge in [0.15, 0.2) is 5.96 Å². The third kappa shape index (κ3) is 5.96. The van der Waals surface area contributed by atoms with Gasteiger partial charge in [0.1, 0.15) is 11.6 Å².